The maximum Gasteiger partial charge on any atom is 0.158 e. The van der Waals surface area contributed by atoms with Gasteiger partial charge in [0.25, 0.3) is 0 Å². The van der Waals surface area contributed by atoms with Crippen LogP contribution in [0, 0.1) is 26.7 Å². The summed E-state index contributed by atoms with van der Waals surface area (Å²) in [5.41, 5.74) is 8.65. The summed E-state index contributed by atoms with van der Waals surface area (Å²) in [6, 6.07) is 1.06. The van der Waals surface area contributed by atoms with E-state index in [0.717, 1.165) is 25.0 Å². The van der Waals surface area contributed by atoms with Crippen molar-refractivity contribution in [2.45, 2.75) is 84.2 Å². The van der Waals surface area contributed by atoms with Gasteiger partial charge in [-0.15, -0.1) is 11.3 Å². The Morgan fingerprint density at radius 1 is 1.05 bits per heavy atom. The number of aromatic nitrogens is 4. The van der Waals surface area contributed by atoms with E-state index in [1.54, 1.807) is 11.2 Å². The Morgan fingerprint density at radius 3 is 2.50 bits per heavy atom. The van der Waals surface area contributed by atoms with Crippen molar-refractivity contribution in [1.82, 2.24) is 24.5 Å². The largest absolute Gasteiger partial charge is 0.346 e. The minimum Gasteiger partial charge on any atom is -0.346 e. The predicted molar refractivity (Wildman–Crippen MR) is 154 cm³/mol. The predicted octanol–water partition coefficient (Wildman–Crippen LogP) is 5.74. The van der Waals surface area contributed by atoms with Gasteiger partial charge in [-0.1, -0.05) is 13.8 Å². The van der Waals surface area contributed by atoms with Crippen molar-refractivity contribution in [3.8, 4) is 11.3 Å². The van der Waals surface area contributed by atoms with Crippen LogP contribution in [0.2, 0.25) is 0 Å². The Bertz CT molecular complexity index is 1660. The molecule has 1 saturated carbocycles. The smallest absolute Gasteiger partial charge is 0.158 e. The lowest BCUT2D eigenvalue weighted by atomic mass is 9.88. The van der Waals surface area contributed by atoms with Crippen molar-refractivity contribution in [2.24, 2.45) is 5.92 Å². The van der Waals surface area contributed by atoms with Crippen molar-refractivity contribution in [3.63, 3.8) is 0 Å². The maximum absolute atomic E-state index is 11.9. The van der Waals surface area contributed by atoms with Crippen LogP contribution in [-0.2, 0) is 9.84 Å². The zero-order chi connectivity index (χ0) is 26.5. The number of nitrogens with zero attached hydrogens (tertiary/aromatic N) is 4. The molecule has 0 aromatic carbocycles. The van der Waals surface area contributed by atoms with E-state index >= 15 is 0 Å². The number of aryl methyl sites for hydroxylation is 2. The lowest BCUT2D eigenvalue weighted by molar-refractivity contribution is 0.131. The summed E-state index contributed by atoms with van der Waals surface area (Å²) in [6.45, 7) is 12.4. The average molecular weight is 552 g/mol. The highest BCUT2D eigenvalue weighted by molar-refractivity contribution is 7.91. The van der Waals surface area contributed by atoms with E-state index in [-0.39, 0.29) is 0 Å². The Balaban J connectivity index is 1.22. The topological polar surface area (TPSA) is 83.4 Å². The first-order chi connectivity index (χ1) is 18.1. The molecule has 202 valence electrons. The number of likely N-dealkylation sites (tertiary alicyclic amines) is 1. The highest BCUT2D eigenvalue weighted by Gasteiger charge is 2.48. The van der Waals surface area contributed by atoms with Gasteiger partial charge in [-0.2, -0.15) is 5.10 Å². The molecule has 0 amide bonds. The second-order valence-electron chi connectivity index (χ2n) is 12.3. The van der Waals surface area contributed by atoms with Crippen molar-refractivity contribution in [2.75, 3.05) is 18.1 Å². The van der Waals surface area contributed by atoms with Crippen molar-refractivity contribution < 1.29 is 8.42 Å². The van der Waals surface area contributed by atoms with Gasteiger partial charge in [0, 0.05) is 40.7 Å². The lowest BCUT2D eigenvalue weighted by Crippen LogP contribution is -2.46. The van der Waals surface area contributed by atoms with Gasteiger partial charge >= 0.3 is 0 Å². The number of piperidine rings is 1. The van der Waals surface area contributed by atoms with Gasteiger partial charge in [0.2, 0.25) is 0 Å². The minimum atomic E-state index is -2.81. The number of sulfone groups is 1. The molecule has 1 N–H and O–H groups in total. The van der Waals surface area contributed by atoms with Gasteiger partial charge in [-0.25, -0.2) is 17.9 Å². The number of H-pyrrole nitrogens is 1. The van der Waals surface area contributed by atoms with Gasteiger partial charge in [0.1, 0.15) is 21.0 Å². The first-order valence-corrected chi connectivity index (χ1v) is 16.7. The van der Waals surface area contributed by atoms with E-state index in [0.29, 0.717) is 41.3 Å². The van der Waals surface area contributed by atoms with E-state index in [2.05, 4.69) is 60.8 Å². The first kappa shape index (κ1) is 24.8. The fraction of sp³-hybridized carbons (Fsp3) is 0.586. The second kappa shape index (κ2) is 8.63. The molecule has 2 saturated heterocycles. The van der Waals surface area contributed by atoms with Gasteiger partial charge in [-0.05, 0) is 86.5 Å². The lowest BCUT2D eigenvalue weighted by Gasteiger charge is -2.39. The molecule has 7 rings (SSSR count). The molecule has 2 aliphatic heterocycles. The van der Waals surface area contributed by atoms with Crippen LogP contribution in [0.15, 0.2) is 12.5 Å². The van der Waals surface area contributed by atoms with E-state index in [9.17, 15) is 8.42 Å². The molecular weight excluding hydrogens is 514 g/mol. The van der Waals surface area contributed by atoms with Crippen LogP contribution in [0.25, 0.3) is 27.1 Å². The van der Waals surface area contributed by atoms with Crippen LogP contribution in [0.1, 0.15) is 78.5 Å². The molecule has 3 atom stereocenters. The Labute approximate surface area is 228 Å². The number of thiophene rings is 1. The van der Waals surface area contributed by atoms with Crippen molar-refractivity contribution in [3.05, 3.63) is 39.7 Å². The van der Waals surface area contributed by atoms with Crippen LogP contribution < -0.4 is 0 Å². The average Bonchev–Trinajstić information content (AvgIpc) is 3.68. The highest BCUT2D eigenvalue weighted by atomic mass is 32.2. The molecule has 7 nitrogen and oxygen atoms in total. The van der Waals surface area contributed by atoms with E-state index in [4.69, 9.17) is 0 Å². The zero-order valence-corrected chi connectivity index (χ0v) is 24.5. The fourth-order valence-electron chi connectivity index (χ4n) is 7.81. The quantitative estimate of drug-likeness (QED) is 0.350. The van der Waals surface area contributed by atoms with Crippen LogP contribution in [-0.4, -0.2) is 63.0 Å². The van der Waals surface area contributed by atoms with Crippen LogP contribution in [0.3, 0.4) is 0 Å². The Kier molecular flexibility index (Phi) is 5.63. The highest BCUT2D eigenvalue weighted by Crippen LogP contribution is 2.54. The number of hydrogen-bond donors (Lipinski definition) is 1. The number of hydrogen-bond acceptors (Lipinski definition) is 6. The molecule has 9 heteroatoms. The van der Waals surface area contributed by atoms with Crippen molar-refractivity contribution in [1.29, 1.82) is 0 Å². The summed E-state index contributed by atoms with van der Waals surface area (Å²) in [5.74, 6) is 2.43. The first-order valence-electron chi connectivity index (χ1n) is 14.0. The minimum absolute atomic E-state index is 0.368. The van der Waals surface area contributed by atoms with E-state index in [1.807, 2.05) is 15.9 Å². The summed E-state index contributed by atoms with van der Waals surface area (Å²) in [6.07, 6.45) is 7.86. The third-order valence-corrected chi connectivity index (χ3v) is 12.9. The summed E-state index contributed by atoms with van der Waals surface area (Å²) in [7, 11) is -2.81. The van der Waals surface area contributed by atoms with Crippen molar-refractivity contribution >= 4 is 37.0 Å². The molecule has 4 aromatic rings. The third kappa shape index (κ3) is 3.64. The number of rotatable bonds is 4. The van der Waals surface area contributed by atoms with Gasteiger partial charge in [-0.3, -0.25) is 4.90 Å². The van der Waals surface area contributed by atoms with Gasteiger partial charge in [0.15, 0.2) is 5.65 Å². The molecule has 3 aliphatic rings. The van der Waals surface area contributed by atoms with Crippen LogP contribution in [0.4, 0.5) is 0 Å². The molecule has 6 heterocycles. The van der Waals surface area contributed by atoms with Gasteiger partial charge in [0.05, 0.1) is 17.2 Å². The molecule has 3 fully saturated rings. The molecular formula is C29H37N5O2S2. The fourth-order valence-corrected chi connectivity index (χ4v) is 10.7. The molecule has 0 radical (unpaired) electrons. The molecule has 4 aromatic heterocycles. The van der Waals surface area contributed by atoms with Gasteiger partial charge < -0.3 is 4.98 Å². The normalized spacial score (nSPS) is 26.0. The maximum atomic E-state index is 11.9. The summed E-state index contributed by atoms with van der Waals surface area (Å²) < 4.78 is 25.8. The third-order valence-electron chi connectivity index (χ3n) is 9.85. The molecule has 2 bridgehead atoms. The Morgan fingerprint density at radius 2 is 1.82 bits per heavy atom. The number of nitrogens with one attached hydrogen (secondary N) is 1. The molecule has 38 heavy (non-hydrogen) atoms. The van der Waals surface area contributed by atoms with E-state index in [1.165, 1.54) is 56.6 Å². The number of pyridine rings is 1. The summed E-state index contributed by atoms with van der Waals surface area (Å²) in [5, 5.41) is 5.86. The second-order valence-corrected chi connectivity index (χ2v) is 15.6. The zero-order valence-electron chi connectivity index (χ0n) is 22.9. The summed E-state index contributed by atoms with van der Waals surface area (Å²) in [4.78, 5) is 13.9. The standard InChI is InChI=1S/C29H37N5O2S2/c1-15(2)24-25-18(5)27(22-11-21-10-19(22)12-33(21)20-6-8-38(35,36)9-7-20)37-29(25)32-26(24)23-13-34-28(30-14-31-34)17(4)16(23)3/h13-15,19-22,32H,6-12H2,1-5H3/t19?,21?,22-/m1/s1. The Hall–Kier alpha value is -2.23. The number of aromatic amines is 1. The molecule has 0 spiro atoms. The monoisotopic (exact) mass is 551 g/mol. The molecule has 1 aliphatic carbocycles. The number of fused-ring (bicyclic) bond motifs is 4. The van der Waals surface area contributed by atoms with Crippen LogP contribution >= 0.6 is 11.3 Å². The van der Waals surface area contributed by atoms with E-state index < -0.39 is 9.84 Å². The van der Waals surface area contributed by atoms with Crippen LogP contribution in [0.5, 0.6) is 0 Å². The SMILES string of the molecule is Cc1c(-c2[nH]c3sc([C@@H]4CC5CC4CN5C4CCS(=O)(=O)CC4)c(C)c3c2C(C)C)cn2ncnc2c1C. The summed E-state index contributed by atoms with van der Waals surface area (Å²) >= 11 is 1.97. The molecule has 2 unspecified atom stereocenters.